The lowest BCUT2D eigenvalue weighted by molar-refractivity contribution is -0.377. The Morgan fingerprint density at radius 2 is 1.08 bits per heavy atom. The van der Waals surface area contributed by atoms with Crippen LogP contribution in [-0.4, -0.2) is 81.7 Å². The number of rotatable bonds is 18. The standard InChI is InChI=1S/C48H51N3O10/c1-52-48-45(56-30-36-23-13-5-14-24-36)44(55-29-35-21-11-4-12-22-35)42(38(59-48)31-53-27-33-17-7-2-8-18-33)61-47-40(50-51-49)43(54-28-34-19-9-3-10-20-34)41-39(58-47)32-57-46(60-41)37-25-15-6-16-26-37/h2-26,38-48H,27-32H2,1H3/t38-,39-,40+,41-,42-,43-,44+,45-,46?,47+,48+/m1/s1. The van der Waals surface area contributed by atoms with E-state index < -0.39 is 67.6 Å². The lowest BCUT2D eigenvalue weighted by atomic mass is 9.94. The Balaban J connectivity index is 1.13. The number of nitrogens with zero attached hydrogens (tertiary/aromatic N) is 3. The number of methoxy groups -OCH3 is 1. The highest BCUT2D eigenvalue weighted by molar-refractivity contribution is 5.19. The van der Waals surface area contributed by atoms with Gasteiger partial charge in [-0.25, -0.2) is 0 Å². The molecule has 5 aromatic rings. The second-order valence-electron chi connectivity index (χ2n) is 15.1. The van der Waals surface area contributed by atoms with E-state index >= 15 is 0 Å². The highest BCUT2D eigenvalue weighted by atomic mass is 16.8. The molecule has 1 unspecified atom stereocenters. The summed E-state index contributed by atoms with van der Waals surface area (Å²) in [5.41, 5.74) is 14.8. The molecular weight excluding hydrogens is 779 g/mol. The van der Waals surface area contributed by atoms with E-state index in [1.54, 1.807) is 7.11 Å². The number of fused-ring (bicyclic) bond motifs is 1. The SMILES string of the molecule is CO[C@H]1O[C@H](COCc2ccccc2)[C@@H](O[C@@H]2O[C@@H]3COC(c4ccccc4)O[C@H]3[C@H](OCc3ccccc3)[C@@H]2N=[N+]=[N-])[C@H](OCc2ccccc2)[C@H]1OCc1ccccc1. The smallest absolute Gasteiger partial charge is 0.186 e. The number of hydrogen-bond acceptors (Lipinski definition) is 11. The van der Waals surface area contributed by atoms with Crippen LogP contribution in [0, 0.1) is 0 Å². The van der Waals surface area contributed by atoms with Crippen LogP contribution in [0.1, 0.15) is 34.1 Å². The quantitative estimate of drug-likeness (QED) is 0.0482. The average molecular weight is 830 g/mol. The third kappa shape index (κ3) is 11.1. The first kappa shape index (κ1) is 42.7. The summed E-state index contributed by atoms with van der Waals surface area (Å²) in [5.74, 6) is 0. The Morgan fingerprint density at radius 3 is 1.62 bits per heavy atom. The minimum absolute atomic E-state index is 0.0971. The lowest BCUT2D eigenvalue weighted by Crippen LogP contribution is -2.66. The van der Waals surface area contributed by atoms with Crippen molar-refractivity contribution in [2.45, 2.75) is 94.1 Å². The maximum Gasteiger partial charge on any atom is 0.186 e. The van der Waals surface area contributed by atoms with Crippen LogP contribution in [0.25, 0.3) is 10.4 Å². The minimum Gasteiger partial charge on any atom is -0.374 e. The van der Waals surface area contributed by atoms with E-state index in [0.717, 1.165) is 27.8 Å². The van der Waals surface area contributed by atoms with Gasteiger partial charge in [0.1, 0.15) is 48.8 Å². The van der Waals surface area contributed by atoms with Crippen LogP contribution >= 0.6 is 0 Å². The molecule has 3 saturated heterocycles. The summed E-state index contributed by atoms with van der Waals surface area (Å²) in [6.07, 6.45) is -8.12. The van der Waals surface area contributed by atoms with Gasteiger partial charge in [0.25, 0.3) is 0 Å². The van der Waals surface area contributed by atoms with Gasteiger partial charge in [-0.3, -0.25) is 0 Å². The molecule has 3 fully saturated rings. The van der Waals surface area contributed by atoms with Gasteiger partial charge in [-0.15, -0.1) is 0 Å². The Labute approximate surface area is 355 Å². The molecular formula is C48H51N3O10. The molecule has 0 radical (unpaired) electrons. The molecule has 0 saturated carbocycles. The second kappa shape index (κ2) is 21.7. The van der Waals surface area contributed by atoms with Gasteiger partial charge < -0.3 is 47.4 Å². The molecule has 0 bridgehead atoms. The monoisotopic (exact) mass is 829 g/mol. The summed E-state index contributed by atoms with van der Waals surface area (Å²) >= 11 is 0. The van der Waals surface area contributed by atoms with E-state index in [9.17, 15) is 5.53 Å². The lowest BCUT2D eigenvalue weighted by Gasteiger charge is -2.51. The van der Waals surface area contributed by atoms with Crippen LogP contribution < -0.4 is 0 Å². The average Bonchev–Trinajstić information content (AvgIpc) is 3.32. The van der Waals surface area contributed by atoms with E-state index in [1.165, 1.54) is 0 Å². The molecule has 3 aliphatic rings. The van der Waals surface area contributed by atoms with Crippen LogP contribution in [0.15, 0.2) is 157 Å². The topological polar surface area (TPSA) is 141 Å². The van der Waals surface area contributed by atoms with Gasteiger partial charge in [0.15, 0.2) is 18.9 Å². The molecule has 3 heterocycles. The third-order valence-electron chi connectivity index (χ3n) is 10.9. The van der Waals surface area contributed by atoms with Gasteiger partial charge in [-0.1, -0.05) is 157 Å². The van der Waals surface area contributed by atoms with Gasteiger partial charge >= 0.3 is 0 Å². The molecule has 0 aromatic heterocycles. The summed E-state index contributed by atoms with van der Waals surface area (Å²) in [7, 11) is 1.57. The zero-order chi connectivity index (χ0) is 41.6. The van der Waals surface area contributed by atoms with Gasteiger partial charge in [0, 0.05) is 17.6 Å². The summed E-state index contributed by atoms with van der Waals surface area (Å²) < 4.78 is 65.9. The van der Waals surface area contributed by atoms with Crippen LogP contribution in [0.2, 0.25) is 0 Å². The van der Waals surface area contributed by atoms with Gasteiger partial charge in [-0.2, -0.15) is 0 Å². The Morgan fingerprint density at radius 1 is 0.574 bits per heavy atom. The molecule has 3 aliphatic heterocycles. The first-order valence-electron chi connectivity index (χ1n) is 20.6. The maximum atomic E-state index is 10.1. The molecule has 0 amide bonds. The van der Waals surface area contributed by atoms with Gasteiger partial charge in [0.2, 0.25) is 0 Å². The van der Waals surface area contributed by atoms with E-state index in [0.29, 0.717) is 6.61 Å². The molecule has 5 aromatic carbocycles. The van der Waals surface area contributed by atoms with E-state index in [-0.39, 0.29) is 33.0 Å². The first-order valence-corrected chi connectivity index (χ1v) is 20.6. The van der Waals surface area contributed by atoms with Crippen molar-refractivity contribution >= 4 is 0 Å². The van der Waals surface area contributed by atoms with Gasteiger partial charge in [-0.05, 0) is 27.8 Å². The van der Waals surface area contributed by atoms with Crippen molar-refractivity contribution in [3.05, 3.63) is 190 Å². The normalized spacial score (nSPS) is 28.6. The van der Waals surface area contributed by atoms with Crippen molar-refractivity contribution in [2.75, 3.05) is 20.3 Å². The number of ether oxygens (including phenoxy) is 10. The molecule has 13 nitrogen and oxygen atoms in total. The molecule has 0 N–H and O–H groups in total. The molecule has 0 spiro atoms. The Bertz CT molecular complexity index is 2080. The zero-order valence-electron chi connectivity index (χ0n) is 34.0. The summed E-state index contributed by atoms with van der Waals surface area (Å²) in [5, 5.41) is 4.30. The maximum absolute atomic E-state index is 10.1. The fraction of sp³-hybridized carbons (Fsp3) is 0.375. The van der Waals surface area contributed by atoms with Gasteiger partial charge in [0.05, 0.1) is 39.6 Å². The predicted octanol–water partition coefficient (Wildman–Crippen LogP) is 8.23. The minimum atomic E-state index is -1.17. The highest BCUT2D eigenvalue weighted by Gasteiger charge is 2.55. The largest absolute Gasteiger partial charge is 0.374 e. The van der Waals surface area contributed by atoms with Crippen LogP contribution in [0.3, 0.4) is 0 Å². The predicted molar refractivity (Wildman–Crippen MR) is 223 cm³/mol. The van der Waals surface area contributed by atoms with Crippen molar-refractivity contribution in [2.24, 2.45) is 5.11 Å². The molecule has 8 rings (SSSR count). The van der Waals surface area contributed by atoms with Crippen molar-refractivity contribution in [1.29, 1.82) is 0 Å². The van der Waals surface area contributed by atoms with Crippen molar-refractivity contribution < 1.29 is 47.4 Å². The fourth-order valence-corrected chi connectivity index (χ4v) is 7.88. The fourth-order valence-electron chi connectivity index (χ4n) is 7.88. The van der Waals surface area contributed by atoms with Crippen molar-refractivity contribution in [3.63, 3.8) is 0 Å². The summed E-state index contributed by atoms with van der Waals surface area (Å²) in [4.78, 5) is 3.29. The van der Waals surface area contributed by atoms with Crippen LogP contribution in [0.5, 0.6) is 0 Å². The number of benzene rings is 5. The Kier molecular flexibility index (Phi) is 15.2. The van der Waals surface area contributed by atoms with E-state index in [2.05, 4.69) is 10.0 Å². The number of hydrogen-bond donors (Lipinski definition) is 0. The molecule has 11 atom stereocenters. The number of azide groups is 1. The van der Waals surface area contributed by atoms with E-state index in [1.807, 2.05) is 152 Å². The summed E-state index contributed by atoms with van der Waals surface area (Å²) in [6.45, 7) is 1.28. The zero-order valence-corrected chi connectivity index (χ0v) is 34.0. The van der Waals surface area contributed by atoms with E-state index in [4.69, 9.17) is 47.4 Å². The molecule has 13 heteroatoms. The molecule has 318 valence electrons. The first-order chi connectivity index (χ1) is 30.2. The molecule has 61 heavy (non-hydrogen) atoms. The Hall–Kier alpha value is -4.99. The van der Waals surface area contributed by atoms with Crippen molar-refractivity contribution in [1.82, 2.24) is 0 Å². The molecule has 0 aliphatic carbocycles. The van der Waals surface area contributed by atoms with Crippen LogP contribution in [-0.2, 0) is 73.8 Å². The summed E-state index contributed by atoms with van der Waals surface area (Å²) in [6, 6.07) is 48.0. The van der Waals surface area contributed by atoms with Crippen molar-refractivity contribution in [3.8, 4) is 0 Å². The highest BCUT2D eigenvalue weighted by Crippen LogP contribution is 2.39. The second-order valence-corrected chi connectivity index (χ2v) is 15.1. The third-order valence-corrected chi connectivity index (χ3v) is 10.9. The van der Waals surface area contributed by atoms with Crippen LogP contribution in [0.4, 0.5) is 0 Å².